The number of ether oxygens (including phenoxy) is 2. The van der Waals surface area contributed by atoms with E-state index in [1.54, 1.807) is 10.6 Å². The second-order valence-corrected chi connectivity index (χ2v) is 9.81. The highest BCUT2D eigenvalue weighted by Gasteiger charge is 2.69. The van der Waals surface area contributed by atoms with Crippen molar-refractivity contribution >= 4 is 23.2 Å². The highest BCUT2D eigenvalue weighted by molar-refractivity contribution is 5.80. The van der Waals surface area contributed by atoms with E-state index >= 15 is 0 Å². The summed E-state index contributed by atoms with van der Waals surface area (Å²) in [5.41, 5.74) is 3.02. The largest absolute Gasteiger partial charge is 0.461 e. The Morgan fingerprint density at radius 2 is 1.94 bits per heavy atom. The van der Waals surface area contributed by atoms with Gasteiger partial charge in [0.15, 0.2) is 17.3 Å². The standard InChI is InChI=1S/C25H22FN7O2/c1-14-6-16(4-3-5-27)7-15(2)19(14)35-21-18-20(30-23-33(18)8-17(26)9-34-23)29-22(31-21)32-25-10-24(11-25,12-25)13-28/h3-4,6-7,17H,8-12H2,1-2H3,(H,29,31,32)/b4-3+/t17-,24?,25?/m0/s1. The number of halogens is 1. The van der Waals surface area contributed by atoms with E-state index in [-0.39, 0.29) is 36.0 Å². The van der Waals surface area contributed by atoms with Crippen LogP contribution in [-0.4, -0.2) is 37.8 Å². The number of aryl methyl sites for hydroxylation is 2. The summed E-state index contributed by atoms with van der Waals surface area (Å²) in [4.78, 5) is 13.7. The summed E-state index contributed by atoms with van der Waals surface area (Å²) in [6.07, 6.45) is 4.26. The van der Waals surface area contributed by atoms with Crippen LogP contribution in [0.5, 0.6) is 17.6 Å². The number of hydrogen-bond acceptors (Lipinski definition) is 8. The van der Waals surface area contributed by atoms with Crippen LogP contribution in [0.15, 0.2) is 18.2 Å². The van der Waals surface area contributed by atoms with E-state index in [0.29, 0.717) is 22.9 Å². The number of nitrogens with zero attached hydrogens (tertiary/aromatic N) is 6. The number of aromatic nitrogens is 4. The Morgan fingerprint density at radius 1 is 1.20 bits per heavy atom. The van der Waals surface area contributed by atoms with Gasteiger partial charge in [0.05, 0.1) is 24.1 Å². The molecular weight excluding hydrogens is 449 g/mol. The van der Waals surface area contributed by atoms with E-state index in [9.17, 15) is 9.65 Å². The number of fused-ring (bicyclic) bond motifs is 3. The molecule has 10 heteroatoms. The van der Waals surface area contributed by atoms with Crippen LogP contribution >= 0.6 is 0 Å². The minimum atomic E-state index is -1.18. The minimum Gasteiger partial charge on any atom is -0.461 e. The molecule has 7 rings (SSSR count). The lowest BCUT2D eigenvalue weighted by molar-refractivity contribution is -0.0665. The molecule has 3 saturated carbocycles. The molecule has 0 radical (unpaired) electrons. The Balaban J connectivity index is 1.42. The molecule has 0 unspecified atom stereocenters. The Hall–Kier alpha value is -4.18. The zero-order valence-corrected chi connectivity index (χ0v) is 19.3. The van der Waals surface area contributed by atoms with Gasteiger partial charge >= 0.3 is 0 Å². The fourth-order valence-corrected chi connectivity index (χ4v) is 5.55. The van der Waals surface area contributed by atoms with Gasteiger partial charge < -0.3 is 14.8 Å². The zero-order chi connectivity index (χ0) is 24.4. The monoisotopic (exact) mass is 471 g/mol. The van der Waals surface area contributed by atoms with Crippen molar-refractivity contribution in [2.75, 3.05) is 11.9 Å². The van der Waals surface area contributed by atoms with E-state index < -0.39 is 6.17 Å². The van der Waals surface area contributed by atoms with Crippen molar-refractivity contribution in [2.24, 2.45) is 5.41 Å². The van der Waals surface area contributed by atoms with Crippen molar-refractivity contribution in [3.05, 3.63) is 34.9 Å². The molecule has 0 amide bonds. The summed E-state index contributed by atoms with van der Waals surface area (Å²) in [5, 5.41) is 21.6. The Kier molecular flexibility index (Phi) is 4.52. The Bertz CT molecular complexity index is 1450. The third-order valence-electron chi connectivity index (χ3n) is 6.99. The summed E-state index contributed by atoms with van der Waals surface area (Å²) >= 11 is 0. The molecule has 35 heavy (non-hydrogen) atoms. The number of rotatable bonds is 5. The smallest absolute Gasteiger partial charge is 0.299 e. The van der Waals surface area contributed by atoms with Crippen LogP contribution < -0.4 is 14.8 Å². The Morgan fingerprint density at radius 3 is 2.63 bits per heavy atom. The molecule has 3 heterocycles. The second kappa shape index (κ2) is 7.41. The third-order valence-corrected chi connectivity index (χ3v) is 6.99. The highest BCUT2D eigenvalue weighted by Crippen LogP contribution is 2.67. The molecule has 0 saturated heterocycles. The maximum atomic E-state index is 14.2. The highest BCUT2D eigenvalue weighted by atomic mass is 19.1. The fraction of sp³-hybridized carbons (Fsp3) is 0.400. The molecule has 9 nitrogen and oxygen atoms in total. The topological polar surface area (TPSA) is 122 Å². The molecule has 2 bridgehead atoms. The number of alkyl halides is 1. The lowest BCUT2D eigenvalue weighted by atomic mass is 9.40. The quantitative estimate of drug-likeness (QED) is 0.545. The second-order valence-electron chi connectivity index (χ2n) is 9.81. The van der Waals surface area contributed by atoms with Gasteiger partial charge in [-0.2, -0.15) is 25.5 Å². The number of allylic oxidation sites excluding steroid dienone is 1. The van der Waals surface area contributed by atoms with Gasteiger partial charge in [-0.15, -0.1) is 0 Å². The molecule has 4 aliphatic rings. The van der Waals surface area contributed by atoms with E-state index in [1.165, 1.54) is 6.08 Å². The van der Waals surface area contributed by atoms with Gasteiger partial charge in [0.2, 0.25) is 5.95 Å². The van der Waals surface area contributed by atoms with Gasteiger partial charge in [-0.3, -0.25) is 4.57 Å². The van der Waals surface area contributed by atoms with Crippen LogP contribution in [0.1, 0.15) is 36.0 Å². The molecule has 3 fully saturated rings. The molecule has 3 aromatic rings. The van der Waals surface area contributed by atoms with Gasteiger partial charge in [0.25, 0.3) is 11.9 Å². The van der Waals surface area contributed by atoms with Gasteiger partial charge in [-0.1, -0.05) is 0 Å². The lowest BCUT2D eigenvalue weighted by Crippen LogP contribution is -2.70. The summed E-state index contributed by atoms with van der Waals surface area (Å²) in [7, 11) is 0. The van der Waals surface area contributed by atoms with Crippen LogP contribution in [0.4, 0.5) is 10.3 Å². The molecule has 1 atom stereocenters. The number of anilines is 1. The van der Waals surface area contributed by atoms with Gasteiger partial charge in [-0.05, 0) is 68.0 Å². The predicted molar refractivity (Wildman–Crippen MR) is 125 cm³/mol. The van der Waals surface area contributed by atoms with Crippen molar-refractivity contribution in [1.29, 1.82) is 10.5 Å². The zero-order valence-electron chi connectivity index (χ0n) is 19.3. The summed E-state index contributed by atoms with van der Waals surface area (Å²) in [5.74, 6) is 1.22. The van der Waals surface area contributed by atoms with Crippen LogP contribution in [0, 0.1) is 41.9 Å². The average Bonchev–Trinajstić information content (AvgIpc) is 3.13. The van der Waals surface area contributed by atoms with Gasteiger partial charge in [0, 0.05) is 11.6 Å². The molecule has 0 spiro atoms. The SMILES string of the molecule is Cc1cc(/C=C/C#N)cc(C)c1Oc1nc(NC23CC(C#N)(C2)C3)nc2nc3n(c12)C[C@H](F)CO3. The van der Waals surface area contributed by atoms with Gasteiger partial charge in [-0.25, -0.2) is 4.39 Å². The molecule has 1 aromatic carbocycles. The minimum absolute atomic E-state index is 0.0622. The average molecular weight is 471 g/mol. The first-order chi connectivity index (χ1) is 16.8. The normalized spacial score (nSPS) is 26.1. The first kappa shape index (κ1) is 21.4. The van der Waals surface area contributed by atoms with Crippen LogP contribution in [0.25, 0.3) is 17.2 Å². The van der Waals surface area contributed by atoms with Crippen molar-refractivity contribution in [3.63, 3.8) is 0 Å². The van der Waals surface area contributed by atoms with E-state index in [4.69, 9.17) is 14.7 Å². The maximum absolute atomic E-state index is 14.2. The van der Waals surface area contributed by atoms with E-state index in [0.717, 1.165) is 36.0 Å². The summed E-state index contributed by atoms with van der Waals surface area (Å²) in [6, 6.07) is 8.52. The molecule has 1 N–H and O–H groups in total. The fourth-order valence-electron chi connectivity index (χ4n) is 5.55. The van der Waals surface area contributed by atoms with Crippen LogP contribution in [-0.2, 0) is 6.54 Å². The van der Waals surface area contributed by atoms with E-state index in [2.05, 4.69) is 26.3 Å². The van der Waals surface area contributed by atoms with Crippen LogP contribution in [0.2, 0.25) is 0 Å². The summed E-state index contributed by atoms with van der Waals surface area (Å²) < 4.78 is 27.7. The van der Waals surface area contributed by atoms with Gasteiger partial charge in [0.1, 0.15) is 12.4 Å². The van der Waals surface area contributed by atoms with Crippen molar-refractivity contribution in [1.82, 2.24) is 19.5 Å². The van der Waals surface area contributed by atoms with Crippen molar-refractivity contribution < 1.29 is 13.9 Å². The number of imidazole rings is 1. The lowest BCUT2D eigenvalue weighted by Gasteiger charge is -2.66. The number of benzene rings is 1. The predicted octanol–water partition coefficient (Wildman–Crippen LogP) is 4.36. The third kappa shape index (κ3) is 3.36. The first-order valence-corrected chi connectivity index (χ1v) is 11.4. The molecular formula is C25H22FN7O2. The first-order valence-electron chi connectivity index (χ1n) is 11.4. The molecule has 1 aliphatic heterocycles. The number of hydrogen-bond donors (Lipinski definition) is 1. The Labute approximate surface area is 200 Å². The van der Waals surface area contributed by atoms with Crippen molar-refractivity contribution in [2.45, 2.75) is 51.4 Å². The summed E-state index contributed by atoms with van der Waals surface area (Å²) in [6.45, 7) is 3.84. The molecule has 2 aromatic heterocycles. The molecule has 3 aliphatic carbocycles. The number of nitriles is 2. The number of nitrogens with one attached hydrogen (secondary N) is 1. The maximum Gasteiger partial charge on any atom is 0.299 e. The van der Waals surface area contributed by atoms with E-state index in [1.807, 2.05) is 32.0 Å². The van der Waals surface area contributed by atoms with Crippen LogP contribution in [0.3, 0.4) is 0 Å². The molecule has 176 valence electrons. The van der Waals surface area contributed by atoms with Crippen molar-refractivity contribution in [3.8, 4) is 29.8 Å².